The predicted molar refractivity (Wildman–Crippen MR) is 141 cm³/mol. The van der Waals surface area contributed by atoms with E-state index in [9.17, 15) is 4.79 Å². The molecule has 36 heavy (non-hydrogen) atoms. The summed E-state index contributed by atoms with van der Waals surface area (Å²) in [4.78, 5) is 23.6. The van der Waals surface area contributed by atoms with Crippen LogP contribution in [0.4, 0.5) is 0 Å². The summed E-state index contributed by atoms with van der Waals surface area (Å²) in [6.45, 7) is 1.93. The van der Waals surface area contributed by atoms with E-state index in [0.717, 1.165) is 41.1 Å². The van der Waals surface area contributed by atoms with Crippen molar-refractivity contribution >= 4 is 17.7 Å². The first-order valence-electron chi connectivity index (χ1n) is 11.6. The first-order chi connectivity index (χ1) is 17.5. The molecule has 2 aromatic heterocycles. The smallest absolute Gasteiger partial charge is 0.267 e. The molecule has 0 amide bonds. The van der Waals surface area contributed by atoms with E-state index in [1.807, 2.05) is 67.2 Å². The summed E-state index contributed by atoms with van der Waals surface area (Å²) in [5.74, 6) is 1.25. The van der Waals surface area contributed by atoms with Crippen LogP contribution in [0.3, 0.4) is 0 Å². The number of nitrogens with one attached hydrogen (secondary N) is 1. The molecule has 0 unspecified atom stereocenters. The van der Waals surface area contributed by atoms with E-state index in [-0.39, 0.29) is 5.56 Å². The first kappa shape index (κ1) is 23.8. The third kappa shape index (κ3) is 5.67. The van der Waals surface area contributed by atoms with Crippen molar-refractivity contribution in [3.63, 3.8) is 0 Å². The Morgan fingerprint density at radius 2 is 2.00 bits per heavy atom. The molecular weight excluding hydrogens is 474 g/mol. The molecule has 184 valence electrons. The number of rotatable bonds is 9. The second kappa shape index (κ2) is 10.8. The van der Waals surface area contributed by atoms with Gasteiger partial charge in [0.1, 0.15) is 0 Å². The van der Waals surface area contributed by atoms with Gasteiger partial charge in [0.05, 0.1) is 49.1 Å². The quantitative estimate of drug-likeness (QED) is 0.350. The summed E-state index contributed by atoms with van der Waals surface area (Å²) in [6.07, 6.45) is 12.3. The molecule has 2 aliphatic rings. The Morgan fingerprint density at radius 3 is 2.83 bits per heavy atom. The molecule has 0 aliphatic carbocycles. The van der Waals surface area contributed by atoms with Crippen LogP contribution in [-0.2, 0) is 6.54 Å². The van der Waals surface area contributed by atoms with Crippen molar-refractivity contribution in [3.05, 3.63) is 101 Å². The molecule has 1 aromatic carbocycles. The number of allylic oxidation sites excluding steroid dienone is 3. The monoisotopic (exact) mass is 501 g/mol. The van der Waals surface area contributed by atoms with Crippen molar-refractivity contribution in [3.8, 4) is 17.1 Å². The molecule has 0 saturated heterocycles. The lowest BCUT2D eigenvalue weighted by Gasteiger charge is -2.17. The highest BCUT2D eigenvalue weighted by Crippen LogP contribution is 2.30. The summed E-state index contributed by atoms with van der Waals surface area (Å²) >= 11 is 1.50. The highest BCUT2D eigenvalue weighted by atomic mass is 32.2. The Balaban J connectivity index is 1.29. The van der Waals surface area contributed by atoms with Gasteiger partial charge in [-0.3, -0.25) is 9.10 Å². The molecule has 0 fully saturated rings. The SMILES string of the molecule is CN(C)CCCOc1cnc(-c2cccc(Cn3nc(C4=CC5=CNSN5C=C4)ccc3=O)c2)nc1. The summed E-state index contributed by atoms with van der Waals surface area (Å²) in [5.41, 5.74) is 4.37. The van der Waals surface area contributed by atoms with Gasteiger partial charge in [-0.1, -0.05) is 18.2 Å². The summed E-state index contributed by atoms with van der Waals surface area (Å²) in [6, 6.07) is 11.2. The van der Waals surface area contributed by atoms with Crippen LogP contribution in [0.15, 0.2) is 83.8 Å². The number of hydrogen-bond donors (Lipinski definition) is 1. The molecule has 3 aromatic rings. The maximum Gasteiger partial charge on any atom is 0.267 e. The number of benzene rings is 1. The van der Waals surface area contributed by atoms with Gasteiger partial charge in [0, 0.05) is 36.1 Å². The number of fused-ring (bicyclic) bond motifs is 1. The lowest BCUT2D eigenvalue weighted by Crippen LogP contribution is -2.23. The topological polar surface area (TPSA) is 88.4 Å². The van der Waals surface area contributed by atoms with Crippen LogP contribution in [0.1, 0.15) is 17.7 Å². The van der Waals surface area contributed by atoms with E-state index in [4.69, 9.17) is 4.74 Å². The molecule has 0 atom stereocenters. The highest BCUT2D eigenvalue weighted by Gasteiger charge is 2.17. The summed E-state index contributed by atoms with van der Waals surface area (Å²) in [5, 5.41) is 4.63. The fourth-order valence-corrected chi connectivity index (χ4v) is 4.42. The van der Waals surface area contributed by atoms with Gasteiger partial charge in [-0.2, -0.15) is 5.10 Å². The van der Waals surface area contributed by atoms with Gasteiger partial charge in [0.2, 0.25) is 0 Å². The van der Waals surface area contributed by atoms with Crippen LogP contribution in [-0.4, -0.2) is 56.2 Å². The fourth-order valence-electron chi connectivity index (χ4n) is 3.80. The minimum Gasteiger partial charge on any atom is -0.490 e. The van der Waals surface area contributed by atoms with E-state index in [1.165, 1.54) is 16.8 Å². The van der Waals surface area contributed by atoms with Crippen LogP contribution in [0.25, 0.3) is 17.0 Å². The Morgan fingerprint density at radius 1 is 1.14 bits per heavy atom. The van der Waals surface area contributed by atoms with Crippen LogP contribution >= 0.6 is 12.1 Å². The van der Waals surface area contributed by atoms with E-state index in [2.05, 4.69) is 24.7 Å². The molecule has 9 nitrogen and oxygen atoms in total. The highest BCUT2D eigenvalue weighted by molar-refractivity contribution is 7.95. The minimum atomic E-state index is -0.157. The standard InChI is InChI=1S/C26H27N7O2S/c1-31(2)10-4-12-35-23-16-27-26(28-17-23)21-6-3-5-19(13-21)18-32-25(34)8-7-24(30-32)20-9-11-33-22(14-20)15-29-36-33/h3,5-9,11,13-17,29H,4,10,12,18H2,1-2H3. The van der Waals surface area contributed by atoms with Gasteiger partial charge < -0.3 is 14.4 Å². The maximum atomic E-state index is 12.6. The fraction of sp³-hybridized carbons (Fsp3) is 0.231. The van der Waals surface area contributed by atoms with Crippen LogP contribution in [0, 0.1) is 0 Å². The van der Waals surface area contributed by atoms with Crippen molar-refractivity contribution < 1.29 is 4.74 Å². The minimum absolute atomic E-state index is 0.157. The second-order valence-corrected chi connectivity index (χ2v) is 9.49. The Hall–Kier alpha value is -3.89. The van der Waals surface area contributed by atoms with E-state index >= 15 is 0 Å². The lowest BCUT2D eigenvalue weighted by atomic mass is 10.1. The zero-order valence-electron chi connectivity index (χ0n) is 20.2. The van der Waals surface area contributed by atoms with Crippen LogP contribution in [0.2, 0.25) is 0 Å². The summed E-state index contributed by atoms with van der Waals surface area (Å²) < 4.78 is 12.4. The Kier molecular flexibility index (Phi) is 7.15. The number of aromatic nitrogens is 4. The molecule has 2 aliphatic heterocycles. The van der Waals surface area contributed by atoms with Gasteiger partial charge >= 0.3 is 0 Å². The molecule has 10 heteroatoms. The maximum absolute atomic E-state index is 12.6. The van der Waals surface area contributed by atoms with E-state index < -0.39 is 0 Å². The molecule has 0 radical (unpaired) electrons. The van der Waals surface area contributed by atoms with E-state index in [1.54, 1.807) is 24.5 Å². The zero-order valence-corrected chi connectivity index (χ0v) is 21.0. The van der Waals surface area contributed by atoms with Crippen LogP contribution < -0.4 is 15.0 Å². The van der Waals surface area contributed by atoms with Crippen molar-refractivity contribution in [1.29, 1.82) is 0 Å². The number of ether oxygens (including phenoxy) is 1. The number of nitrogens with zero attached hydrogens (tertiary/aromatic N) is 6. The second-order valence-electron chi connectivity index (χ2n) is 8.68. The van der Waals surface area contributed by atoms with Gasteiger partial charge in [0.15, 0.2) is 11.6 Å². The molecular formula is C26H27N7O2S. The first-order valence-corrected chi connectivity index (χ1v) is 12.4. The molecule has 0 bridgehead atoms. The van der Waals surface area contributed by atoms with Gasteiger partial charge in [0.25, 0.3) is 5.56 Å². The van der Waals surface area contributed by atoms with Gasteiger partial charge in [-0.25, -0.2) is 14.6 Å². The van der Waals surface area contributed by atoms with E-state index in [0.29, 0.717) is 24.7 Å². The molecule has 0 saturated carbocycles. The molecule has 1 N–H and O–H groups in total. The normalized spacial score (nSPS) is 14.4. The predicted octanol–water partition coefficient (Wildman–Crippen LogP) is 3.30. The lowest BCUT2D eigenvalue weighted by molar-refractivity contribution is 0.280. The third-order valence-electron chi connectivity index (χ3n) is 5.63. The van der Waals surface area contributed by atoms with Crippen molar-refractivity contribution in [2.75, 3.05) is 27.2 Å². The Labute approximate surface area is 214 Å². The Bertz CT molecular complexity index is 1380. The average Bonchev–Trinajstić information content (AvgIpc) is 3.36. The molecule has 4 heterocycles. The van der Waals surface area contributed by atoms with Gasteiger partial charge in [-0.15, -0.1) is 0 Å². The largest absolute Gasteiger partial charge is 0.490 e. The van der Waals surface area contributed by atoms with Crippen molar-refractivity contribution in [2.45, 2.75) is 13.0 Å². The zero-order chi connectivity index (χ0) is 24.9. The number of hydrogen-bond acceptors (Lipinski definition) is 9. The van der Waals surface area contributed by atoms with Crippen molar-refractivity contribution in [2.24, 2.45) is 0 Å². The van der Waals surface area contributed by atoms with Crippen molar-refractivity contribution in [1.82, 2.24) is 33.7 Å². The molecule has 5 rings (SSSR count). The third-order valence-corrected chi connectivity index (χ3v) is 6.38. The summed E-state index contributed by atoms with van der Waals surface area (Å²) in [7, 11) is 4.08. The van der Waals surface area contributed by atoms with Crippen LogP contribution in [0.5, 0.6) is 5.75 Å². The average molecular weight is 502 g/mol. The van der Waals surface area contributed by atoms with Gasteiger partial charge in [-0.05, 0) is 50.4 Å². The molecule has 0 spiro atoms.